The predicted octanol–water partition coefficient (Wildman–Crippen LogP) is 0.583. The minimum atomic E-state index is -0.0508. The van der Waals surface area contributed by atoms with Crippen molar-refractivity contribution in [3.8, 4) is 0 Å². The van der Waals surface area contributed by atoms with E-state index in [0.29, 0.717) is 12.1 Å². The lowest BCUT2D eigenvalue weighted by atomic mass is 10.1. The van der Waals surface area contributed by atoms with Crippen LogP contribution in [0.4, 0.5) is 0 Å². The van der Waals surface area contributed by atoms with Gasteiger partial charge in [-0.05, 0) is 27.2 Å². The molecule has 4 nitrogen and oxygen atoms in total. The molecule has 1 fully saturated rings. The summed E-state index contributed by atoms with van der Waals surface area (Å²) < 4.78 is 0. The number of amides is 1. The maximum absolute atomic E-state index is 12.3. The normalized spacial score (nSPS) is 27.5. The fraction of sp³-hybridized carbons (Fsp3) is 0.917. The van der Waals surface area contributed by atoms with Crippen molar-refractivity contribution < 1.29 is 4.79 Å². The first-order valence-electron chi connectivity index (χ1n) is 6.37. The summed E-state index contributed by atoms with van der Waals surface area (Å²) >= 11 is 0. The van der Waals surface area contributed by atoms with Crippen LogP contribution in [0, 0.1) is 0 Å². The Morgan fingerprint density at radius 3 is 2.50 bits per heavy atom. The van der Waals surface area contributed by atoms with Gasteiger partial charge < -0.3 is 15.5 Å². The van der Waals surface area contributed by atoms with E-state index in [2.05, 4.69) is 31.4 Å². The van der Waals surface area contributed by atoms with E-state index in [1.165, 1.54) is 0 Å². The summed E-state index contributed by atoms with van der Waals surface area (Å²) in [5.41, 5.74) is 0. The highest BCUT2D eigenvalue weighted by Crippen LogP contribution is 2.07. The smallest absolute Gasteiger partial charge is 0.241 e. The molecule has 0 saturated carbocycles. The van der Waals surface area contributed by atoms with Crippen molar-refractivity contribution >= 4 is 5.91 Å². The molecule has 0 aliphatic carbocycles. The van der Waals surface area contributed by atoms with Crippen LogP contribution in [0.3, 0.4) is 0 Å². The molecular formula is C12H25N3O. The molecule has 0 bridgehead atoms. The first-order chi connectivity index (χ1) is 7.60. The van der Waals surface area contributed by atoms with Crippen molar-refractivity contribution in [3.05, 3.63) is 0 Å². The van der Waals surface area contributed by atoms with Crippen LogP contribution in [0.2, 0.25) is 0 Å². The molecule has 1 saturated heterocycles. The Labute approximate surface area is 98.8 Å². The zero-order valence-electron chi connectivity index (χ0n) is 10.9. The molecule has 0 aromatic rings. The number of hydrogen-bond acceptors (Lipinski definition) is 3. The number of carbonyl (C=O) groups excluding carboxylic acids is 1. The molecule has 0 aromatic heterocycles. The van der Waals surface area contributed by atoms with Crippen molar-refractivity contribution in [2.24, 2.45) is 0 Å². The van der Waals surface area contributed by atoms with Gasteiger partial charge in [0, 0.05) is 31.7 Å². The molecule has 1 amide bonds. The van der Waals surface area contributed by atoms with Gasteiger partial charge in [0.2, 0.25) is 5.91 Å². The average Bonchev–Trinajstić information content (AvgIpc) is 2.30. The van der Waals surface area contributed by atoms with E-state index in [0.717, 1.165) is 26.1 Å². The van der Waals surface area contributed by atoms with Gasteiger partial charge >= 0.3 is 0 Å². The van der Waals surface area contributed by atoms with Crippen LogP contribution in [0.15, 0.2) is 0 Å². The molecule has 1 aliphatic heterocycles. The van der Waals surface area contributed by atoms with Gasteiger partial charge in [-0.25, -0.2) is 0 Å². The second kappa shape index (κ2) is 6.21. The number of piperazine rings is 1. The molecule has 0 radical (unpaired) electrons. The fourth-order valence-corrected chi connectivity index (χ4v) is 2.06. The Balaban J connectivity index is 2.54. The summed E-state index contributed by atoms with van der Waals surface area (Å²) in [5, 5.41) is 6.65. The van der Waals surface area contributed by atoms with Gasteiger partial charge in [-0.15, -0.1) is 0 Å². The molecule has 3 unspecified atom stereocenters. The fourth-order valence-electron chi connectivity index (χ4n) is 2.06. The minimum Gasteiger partial charge on any atom is -0.339 e. The third-order valence-electron chi connectivity index (χ3n) is 3.39. The topological polar surface area (TPSA) is 44.4 Å². The lowest BCUT2D eigenvalue weighted by Crippen LogP contribution is -2.60. The molecule has 0 spiro atoms. The monoisotopic (exact) mass is 227 g/mol. The van der Waals surface area contributed by atoms with Crippen molar-refractivity contribution in [3.63, 3.8) is 0 Å². The number of hydrogen-bond donors (Lipinski definition) is 2. The molecule has 1 aliphatic rings. The van der Waals surface area contributed by atoms with Crippen molar-refractivity contribution in [2.75, 3.05) is 19.6 Å². The van der Waals surface area contributed by atoms with Crippen LogP contribution in [0.5, 0.6) is 0 Å². The largest absolute Gasteiger partial charge is 0.339 e. The number of nitrogens with one attached hydrogen (secondary N) is 2. The molecule has 0 aromatic carbocycles. The first-order valence-corrected chi connectivity index (χ1v) is 6.37. The lowest BCUT2D eigenvalue weighted by Gasteiger charge is -2.35. The van der Waals surface area contributed by atoms with E-state index in [1.807, 2.05) is 11.8 Å². The van der Waals surface area contributed by atoms with Crippen LogP contribution in [0.1, 0.15) is 34.1 Å². The maximum atomic E-state index is 12.3. The highest BCUT2D eigenvalue weighted by molar-refractivity contribution is 5.82. The summed E-state index contributed by atoms with van der Waals surface area (Å²) in [6.45, 7) is 10.8. The van der Waals surface area contributed by atoms with Crippen molar-refractivity contribution in [1.29, 1.82) is 0 Å². The van der Waals surface area contributed by atoms with Gasteiger partial charge in [-0.1, -0.05) is 6.92 Å². The number of nitrogens with zero attached hydrogens (tertiary/aromatic N) is 1. The van der Waals surface area contributed by atoms with Gasteiger partial charge in [0.1, 0.15) is 0 Å². The number of rotatable bonds is 4. The zero-order valence-corrected chi connectivity index (χ0v) is 10.9. The Hall–Kier alpha value is -0.610. The Bertz CT molecular complexity index is 224. The van der Waals surface area contributed by atoms with Gasteiger partial charge in [-0.3, -0.25) is 4.79 Å². The van der Waals surface area contributed by atoms with Crippen LogP contribution < -0.4 is 10.6 Å². The standard InChI is InChI=1S/C12H25N3O/c1-5-10(4)15(6-2)12(16)11-8-13-9(3)7-14-11/h9-11,13-14H,5-8H2,1-4H3. The summed E-state index contributed by atoms with van der Waals surface area (Å²) in [6.07, 6.45) is 1.01. The van der Waals surface area contributed by atoms with Crippen molar-refractivity contribution in [2.45, 2.75) is 52.2 Å². The quantitative estimate of drug-likeness (QED) is 0.738. The molecule has 1 rings (SSSR count). The molecule has 94 valence electrons. The van der Waals surface area contributed by atoms with E-state index < -0.39 is 0 Å². The molecule has 4 heteroatoms. The van der Waals surface area contributed by atoms with Gasteiger partial charge in [0.05, 0.1) is 6.04 Å². The third kappa shape index (κ3) is 3.19. The van der Waals surface area contributed by atoms with Crippen LogP contribution in [-0.2, 0) is 4.79 Å². The van der Waals surface area contributed by atoms with Crippen LogP contribution >= 0.6 is 0 Å². The summed E-state index contributed by atoms with van der Waals surface area (Å²) in [5.74, 6) is 0.233. The highest BCUT2D eigenvalue weighted by Gasteiger charge is 2.28. The molecular weight excluding hydrogens is 202 g/mol. The van der Waals surface area contributed by atoms with E-state index in [4.69, 9.17) is 0 Å². The van der Waals surface area contributed by atoms with Gasteiger partial charge in [0.15, 0.2) is 0 Å². The maximum Gasteiger partial charge on any atom is 0.241 e. The molecule has 3 atom stereocenters. The zero-order chi connectivity index (χ0) is 12.1. The number of likely N-dealkylation sites (N-methyl/N-ethyl adjacent to an activating group) is 1. The van der Waals surface area contributed by atoms with E-state index in [-0.39, 0.29) is 11.9 Å². The SMILES string of the molecule is CCC(C)N(CC)C(=O)C1CNC(C)CN1. The summed E-state index contributed by atoms with van der Waals surface area (Å²) in [4.78, 5) is 14.2. The van der Waals surface area contributed by atoms with Crippen LogP contribution in [-0.4, -0.2) is 48.6 Å². The predicted molar refractivity (Wildman–Crippen MR) is 66.4 cm³/mol. The molecule has 1 heterocycles. The van der Waals surface area contributed by atoms with Gasteiger partial charge in [-0.2, -0.15) is 0 Å². The number of carbonyl (C=O) groups is 1. The Morgan fingerprint density at radius 2 is 2.06 bits per heavy atom. The summed E-state index contributed by atoms with van der Waals surface area (Å²) in [6, 6.07) is 0.742. The molecule has 16 heavy (non-hydrogen) atoms. The molecule has 2 N–H and O–H groups in total. The minimum absolute atomic E-state index is 0.0508. The van der Waals surface area contributed by atoms with E-state index >= 15 is 0 Å². The second-order valence-electron chi connectivity index (χ2n) is 4.65. The van der Waals surface area contributed by atoms with Gasteiger partial charge in [0.25, 0.3) is 0 Å². The summed E-state index contributed by atoms with van der Waals surface area (Å²) in [7, 11) is 0. The second-order valence-corrected chi connectivity index (χ2v) is 4.65. The van der Waals surface area contributed by atoms with E-state index in [1.54, 1.807) is 0 Å². The van der Waals surface area contributed by atoms with Crippen molar-refractivity contribution in [1.82, 2.24) is 15.5 Å². The Kier molecular flexibility index (Phi) is 5.22. The average molecular weight is 227 g/mol. The highest BCUT2D eigenvalue weighted by atomic mass is 16.2. The van der Waals surface area contributed by atoms with Crippen LogP contribution in [0.25, 0.3) is 0 Å². The lowest BCUT2D eigenvalue weighted by molar-refractivity contribution is -0.135. The third-order valence-corrected chi connectivity index (χ3v) is 3.39. The van der Waals surface area contributed by atoms with E-state index in [9.17, 15) is 4.79 Å². The Morgan fingerprint density at radius 1 is 1.38 bits per heavy atom. The first kappa shape index (κ1) is 13.5.